The molecule has 0 bridgehead atoms. The quantitative estimate of drug-likeness (QED) is 0.822. The first-order valence-corrected chi connectivity index (χ1v) is 8.98. The number of aromatic nitrogens is 1. The average Bonchev–Trinajstić information content (AvgIpc) is 2.88. The average molecular weight is 359 g/mol. The Bertz CT molecular complexity index is 709. The van der Waals surface area contributed by atoms with Gasteiger partial charge in [-0.25, -0.2) is 9.37 Å². The molecule has 1 N–H and O–H groups in total. The third-order valence-electron chi connectivity index (χ3n) is 4.64. The van der Waals surface area contributed by atoms with E-state index in [-0.39, 0.29) is 11.9 Å². The Morgan fingerprint density at radius 3 is 3.00 bits per heavy atom. The fourth-order valence-corrected chi connectivity index (χ4v) is 3.11. The number of hydrogen-bond donors (Lipinski definition) is 1. The van der Waals surface area contributed by atoms with Crippen molar-refractivity contribution in [2.75, 3.05) is 38.8 Å². The first kappa shape index (κ1) is 18.6. The minimum absolute atomic E-state index is 0.0762. The molecule has 0 radical (unpaired) electrons. The van der Waals surface area contributed by atoms with Crippen LogP contribution in [0.2, 0.25) is 0 Å². The number of anilines is 1. The van der Waals surface area contributed by atoms with Crippen LogP contribution < -0.4 is 15.0 Å². The van der Waals surface area contributed by atoms with Crippen LogP contribution in [0.3, 0.4) is 0 Å². The van der Waals surface area contributed by atoms with Crippen LogP contribution in [0.5, 0.6) is 5.75 Å². The maximum absolute atomic E-state index is 14.0. The lowest BCUT2D eigenvalue weighted by Gasteiger charge is -2.20. The number of halogens is 1. The van der Waals surface area contributed by atoms with E-state index in [0.717, 1.165) is 36.3 Å². The van der Waals surface area contributed by atoms with Crippen LogP contribution >= 0.6 is 0 Å². The minimum Gasteiger partial charge on any atom is -0.490 e. The molecule has 140 valence electrons. The van der Waals surface area contributed by atoms with E-state index in [1.165, 1.54) is 6.07 Å². The number of hydrogen-bond acceptors (Lipinski definition) is 5. The zero-order chi connectivity index (χ0) is 18.4. The summed E-state index contributed by atoms with van der Waals surface area (Å²) in [5.74, 6) is 1.01. The number of rotatable bonds is 7. The number of methoxy groups -OCH3 is 1. The van der Waals surface area contributed by atoms with E-state index in [9.17, 15) is 4.39 Å². The second-order valence-corrected chi connectivity index (χ2v) is 6.52. The van der Waals surface area contributed by atoms with E-state index >= 15 is 0 Å². The zero-order valence-electron chi connectivity index (χ0n) is 15.4. The largest absolute Gasteiger partial charge is 0.490 e. The number of pyridine rings is 1. The fraction of sp³-hybridized carbons (Fsp3) is 0.450. The molecule has 0 spiro atoms. The normalized spacial score (nSPS) is 16.5. The molecule has 1 aromatic carbocycles. The Kier molecular flexibility index (Phi) is 6.41. The van der Waals surface area contributed by atoms with Gasteiger partial charge in [-0.15, -0.1) is 0 Å². The molecule has 1 atom stereocenters. The summed E-state index contributed by atoms with van der Waals surface area (Å²) in [5, 5.41) is 3.52. The summed E-state index contributed by atoms with van der Waals surface area (Å²) in [5.41, 5.74) is 1.99. The summed E-state index contributed by atoms with van der Waals surface area (Å²) in [6.45, 7) is 2.69. The molecule has 0 unspecified atom stereocenters. The molecule has 0 saturated heterocycles. The number of para-hydroxylation sites is 1. The number of fused-ring (bicyclic) bond motifs is 1. The van der Waals surface area contributed by atoms with E-state index in [4.69, 9.17) is 9.47 Å². The smallest absolute Gasteiger partial charge is 0.165 e. The number of ether oxygens (including phenoxy) is 2. The molecule has 0 aliphatic carbocycles. The Balaban J connectivity index is 1.63. The maximum atomic E-state index is 14.0. The highest BCUT2D eigenvalue weighted by Crippen LogP contribution is 2.33. The van der Waals surface area contributed by atoms with Crippen molar-refractivity contribution in [2.24, 2.45) is 0 Å². The molecule has 2 heterocycles. The van der Waals surface area contributed by atoms with Crippen molar-refractivity contribution in [3.05, 3.63) is 53.5 Å². The molecule has 1 aromatic heterocycles. The van der Waals surface area contributed by atoms with Gasteiger partial charge in [0.15, 0.2) is 11.6 Å². The third-order valence-corrected chi connectivity index (χ3v) is 4.64. The lowest BCUT2D eigenvalue weighted by Crippen LogP contribution is -2.23. The van der Waals surface area contributed by atoms with Crippen LogP contribution in [0.1, 0.15) is 30.0 Å². The van der Waals surface area contributed by atoms with Gasteiger partial charge >= 0.3 is 0 Å². The van der Waals surface area contributed by atoms with Gasteiger partial charge in [0.25, 0.3) is 0 Å². The Labute approximate surface area is 154 Å². The van der Waals surface area contributed by atoms with Crippen molar-refractivity contribution in [2.45, 2.75) is 25.4 Å². The highest BCUT2D eigenvalue weighted by Gasteiger charge is 2.21. The van der Waals surface area contributed by atoms with Gasteiger partial charge in [0.1, 0.15) is 5.82 Å². The van der Waals surface area contributed by atoms with E-state index in [2.05, 4.69) is 21.3 Å². The molecule has 0 saturated carbocycles. The zero-order valence-corrected chi connectivity index (χ0v) is 15.4. The highest BCUT2D eigenvalue weighted by molar-refractivity contribution is 5.39. The van der Waals surface area contributed by atoms with Crippen molar-refractivity contribution in [3.63, 3.8) is 0 Å². The third kappa shape index (κ3) is 4.51. The van der Waals surface area contributed by atoms with Crippen LogP contribution in [0.25, 0.3) is 0 Å². The monoisotopic (exact) mass is 359 g/mol. The summed E-state index contributed by atoms with van der Waals surface area (Å²) in [4.78, 5) is 6.58. The second-order valence-electron chi connectivity index (χ2n) is 6.52. The van der Waals surface area contributed by atoms with E-state index in [0.29, 0.717) is 25.5 Å². The van der Waals surface area contributed by atoms with Gasteiger partial charge in [0.2, 0.25) is 0 Å². The molecule has 0 fully saturated rings. The van der Waals surface area contributed by atoms with Crippen molar-refractivity contribution in [1.82, 2.24) is 10.3 Å². The number of nitrogens with one attached hydrogen (secondary N) is 1. The lowest BCUT2D eigenvalue weighted by atomic mass is 10.0. The van der Waals surface area contributed by atoms with Gasteiger partial charge in [-0.3, -0.25) is 0 Å². The predicted molar refractivity (Wildman–Crippen MR) is 100 cm³/mol. The minimum atomic E-state index is -0.290. The summed E-state index contributed by atoms with van der Waals surface area (Å²) >= 11 is 0. The number of likely N-dealkylation sites (N-methyl/N-ethyl adjacent to an activating group) is 1. The van der Waals surface area contributed by atoms with Crippen LogP contribution in [0, 0.1) is 5.82 Å². The number of benzene rings is 1. The SMILES string of the molecule is COCCN(C)c1ccc(CN[C@H]2CCCOc3c(F)cccc32)cn1. The van der Waals surface area contributed by atoms with Crippen LogP contribution in [0.15, 0.2) is 36.5 Å². The summed E-state index contributed by atoms with van der Waals surface area (Å²) in [7, 11) is 3.69. The molecule has 26 heavy (non-hydrogen) atoms. The molecule has 1 aliphatic heterocycles. The molecule has 6 heteroatoms. The van der Waals surface area contributed by atoms with Crippen LogP contribution in [0.4, 0.5) is 10.2 Å². The molecule has 3 rings (SSSR count). The first-order valence-electron chi connectivity index (χ1n) is 8.98. The van der Waals surface area contributed by atoms with Crippen molar-refractivity contribution in [3.8, 4) is 5.75 Å². The molecule has 5 nitrogen and oxygen atoms in total. The van der Waals surface area contributed by atoms with Gasteiger partial charge in [-0.05, 0) is 30.5 Å². The Morgan fingerprint density at radius 2 is 2.23 bits per heavy atom. The van der Waals surface area contributed by atoms with E-state index < -0.39 is 0 Å². The van der Waals surface area contributed by atoms with Gasteiger partial charge in [0.05, 0.1) is 13.2 Å². The standard InChI is InChI=1S/C20H26FN3O2/c1-24(10-12-25-2)19-9-8-15(14-23-19)13-22-18-7-4-11-26-20-16(18)5-3-6-17(20)21/h3,5-6,8-9,14,18,22H,4,7,10-13H2,1-2H3/t18-/m0/s1. The van der Waals surface area contributed by atoms with Gasteiger partial charge < -0.3 is 19.7 Å². The molecular weight excluding hydrogens is 333 g/mol. The molecule has 1 aliphatic rings. The highest BCUT2D eigenvalue weighted by atomic mass is 19.1. The molecule has 0 amide bonds. The van der Waals surface area contributed by atoms with E-state index in [1.807, 2.05) is 25.4 Å². The van der Waals surface area contributed by atoms with Crippen molar-refractivity contribution >= 4 is 5.82 Å². The van der Waals surface area contributed by atoms with Crippen LogP contribution in [-0.4, -0.2) is 38.9 Å². The predicted octanol–water partition coefficient (Wildman–Crippen LogP) is 3.31. The summed E-state index contributed by atoms with van der Waals surface area (Å²) < 4.78 is 24.7. The van der Waals surface area contributed by atoms with Gasteiger partial charge in [0, 0.05) is 45.0 Å². The van der Waals surface area contributed by atoms with Gasteiger partial charge in [-0.1, -0.05) is 18.2 Å². The first-order chi connectivity index (χ1) is 12.7. The van der Waals surface area contributed by atoms with Crippen molar-refractivity contribution in [1.29, 1.82) is 0 Å². The lowest BCUT2D eigenvalue weighted by molar-refractivity contribution is 0.206. The fourth-order valence-electron chi connectivity index (χ4n) is 3.11. The Morgan fingerprint density at radius 1 is 1.35 bits per heavy atom. The second kappa shape index (κ2) is 8.96. The summed E-state index contributed by atoms with van der Waals surface area (Å²) in [6, 6.07) is 9.28. The molecule has 2 aromatic rings. The maximum Gasteiger partial charge on any atom is 0.165 e. The number of nitrogens with zero attached hydrogens (tertiary/aromatic N) is 2. The van der Waals surface area contributed by atoms with Crippen LogP contribution in [-0.2, 0) is 11.3 Å². The molecular formula is C20H26FN3O2. The van der Waals surface area contributed by atoms with E-state index in [1.54, 1.807) is 13.2 Å². The van der Waals surface area contributed by atoms with Crippen molar-refractivity contribution < 1.29 is 13.9 Å². The Hall–Kier alpha value is -2.18. The topological polar surface area (TPSA) is 46.6 Å². The summed E-state index contributed by atoms with van der Waals surface area (Å²) in [6.07, 6.45) is 3.69. The van der Waals surface area contributed by atoms with Gasteiger partial charge in [-0.2, -0.15) is 0 Å².